The van der Waals surface area contributed by atoms with Gasteiger partial charge in [-0.2, -0.15) is 0 Å². The van der Waals surface area contributed by atoms with Crippen molar-refractivity contribution in [2.75, 3.05) is 17.2 Å². The first kappa shape index (κ1) is 12.3. The van der Waals surface area contributed by atoms with Crippen molar-refractivity contribution in [3.05, 3.63) is 22.7 Å². The number of anilines is 1. The lowest BCUT2D eigenvalue weighted by atomic mass is 10.3. The highest BCUT2D eigenvalue weighted by Gasteiger charge is 2.28. The Morgan fingerprint density at radius 2 is 2.19 bits per heavy atom. The van der Waals surface area contributed by atoms with Crippen molar-refractivity contribution in [2.24, 2.45) is 0 Å². The van der Waals surface area contributed by atoms with Crippen LogP contribution in [0.5, 0.6) is 0 Å². The molecule has 0 radical (unpaired) electrons. The minimum atomic E-state index is -2.81. The molecule has 1 unspecified atom stereocenters. The maximum Gasteiger partial charge on any atom is 0.151 e. The molecular weight excluding hydrogens is 310 g/mol. The monoisotopic (exact) mass is 321 g/mol. The summed E-state index contributed by atoms with van der Waals surface area (Å²) in [6.45, 7) is 0. The van der Waals surface area contributed by atoms with E-state index in [0.717, 1.165) is 15.8 Å². The van der Waals surface area contributed by atoms with E-state index < -0.39 is 9.84 Å². The minimum absolute atomic E-state index is 0.147. The van der Waals surface area contributed by atoms with Crippen molar-refractivity contribution in [3.63, 3.8) is 0 Å². The van der Waals surface area contributed by atoms with Crippen molar-refractivity contribution in [2.45, 2.75) is 16.6 Å². The summed E-state index contributed by atoms with van der Waals surface area (Å²) >= 11 is 4.91. The Hall–Kier alpha value is -0.200. The van der Waals surface area contributed by atoms with Gasteiger partial charge in [-0.1, -0.05) is 15.9 Å². The van der Waals surface area contributed by atoms with Crippen LogP contribution in [0.25, 0.3) is 0 Å². The molecule has 16 heavy (non-hydrogen) atoms. The van der Waals surface area contributed by atoms with Crippen LogP contribution in [0, 0.1) is 0 Å². The molecule has 0 spiro atoms. The van der Waals surface area contributed by atoms with Crippen molar-refractivity contribution < 1.29 is 8.42 Å². The number of sulfone groups is 1. The van der Waals surface area contributed by atoms with Gasteiger partial charge >= 0.3 is 0 Å². The van der Waals surface area contributed by atoms with Crippen LogP contribution in [-0.4, -0.2) is 25.2 Å². The van der Waals surface area contributed by atoms with Gasteiger partial charge < -0.3 is 5.73 Å². The molecular formula is C10H12BrNO2S2. The average molecular weight is 322 g/mol. The van der Waals surface area contributed by atoms with E-state index in [-0.39, 0.29) is 11.0 Å². The fourth-order valence-corrected chi connectivity index (χ4v) is 5.56. The van der Waals surface area contributed by atoms with E-state index in [2.05, 4.69) is 15.9 Å². The Morgan fingerprint density at radius 1 is 1.44 bits per heavy atom. The highest BCUT2D eigenvalue weighted by molar-refractivity contribution is 9.10. The Labute approximate surface area is 108 Å². The van der Waals surface area contributed by atoms with E-state index in [1.165, 1.54) is 0 Å². The van der Waals surface area contributed by atoms with Gasteiger partial charge in [-0.15, -0.1) is 11.8 Å². The zero-order chi connectivity index (χ0) is 11.8. The molecule has 1 heterocycles. The minimum Gasteiger partial charge on any atom is -0.398 e. The predicted octanol–water partition coefficient (Wildman–Crippen LogP) is 2.31. The molecule has 2 N–H and O–H groups in total. The molecule has 1 atom stereocenters. The van der Waals surface area contributed by atoms with Crippen LogP contribution in [0.4, 0.5) is 5.69 Å². The summed E-state index contributed by atoms with van der Waals surface area (Å²) in [5, 5.41) is 0.147. The van der Waals surface area contributed by atoms with Gasteiger partial charge in [0.1, 0.15) is 0 Å². The standard InChI is InChI=1S/C10H12BrNO2S2/c11-7-1-2-10(9(12)5-7)15-8-3-4-16(13,14)6-8/h1-2,5,8H,3-4,6,12H2. The number of nitrogen functional groups attached to an aromatic ring is 1. The second-order valence-electron chi connectivity index (χ2n) is 3.83. The highest BCUT2D eigenvalue weighted by atomic mass is 79.9. The quantitative estimate of drug-likeness (QED) is 0.849. The molecule has 1 aliphatic rings. The SMILES string of the molecule is Nc1cc(Br)ccc1SC1CCS(=O)(=O)C1. The van der Waals surface area contributed by atoms with E-state index in [1.54, 1.807) is 11.8 Å². The number of hydrogen-bond acceptors (Lipinski definition) is 4. The number of halogens is 1. The number of rotatable bonds is 2. The summed E-state index contributed by atoms with van der Waals surface area (Å²) in [6.07, 6.45) is 0.725. The first-order valence-corrected chi connectivity index (χ1v) is 8.38. The topological polar surface area (TPSA) is 60.2 Å². The number of thioether (sulfide) groups is 1. The number of hydrogen-bond donors (Lipinski definition) is 1. The maximum atomic E-state index is 11.3. The Balaban J connectivity index is 2.11. The zero-order valence-corrected chi connectivity index (χ0v) is 11.7. The maximum absolute atomic E-state index is 11.3. The van der Waals surface area contributed by atoms with Crippen molar-refractivity contribution in [1.82, 2.24) is 0 Å². The lowest BCUT2D eigenvalue weighted by Gasteiger charge is -2.09. The fourth-order valence-electron chi connectivity index (χ4n) is 1.66. The van der Waals surface area contributed by atoms with Gasteiger partial charge in [-0.25, -0.2) is 8.42 Å². The van der Waals surface area contributed by atoms with Gasteiger partial charge in [0.05, 0.1) is 11.5 Å². The molecule has 0 saturated carbocycles. The van der Waals surface area contributed by atoms with Crippen LogP contribution in [0.2, 0.25) is 0 Å². The van der Waals surface area contributed by atoms with E-state index in [1.807, 2.05) is 18.2 Å². The van der Waals surface area contributed by atoms with E-state index in [0.29, 0.717) is 11.4 Å². The van der Waals surface area contributed by atoms with Gasteiger partial charge in [0, 0.05) is 20.3 Å². The lowest BCUT2D eigenvalue weighted by molar-refractivity contribution is 0.602. The van der Waals surface area contributed by atoms with Gasteiger partial charge in [0.25, 0.3) is 0 Å². The van der Waals surface area contributed by atoms with E-state index >= 15 is 0 Å². The van der Waals surface area contributed by atoms with Gasteiger partial charge in [0.15, 0.2) is 9.84 Å². The molecule has 1 aliphatic heterocycles. The molecule has 1 fully saturated rings. The first-order chi connectivity index (χ1) is 7.46. The Kier molecular flexibility index (Phi) is 3.51. The summed E-state index contributed by atoms with van der Waals surface area (Å²) in [6, 6.07) is 5.68. The third kappa shape index (κ3) is 2.93. The second-order valence-corrected chi connectivity index (χ2v) is 8.31. The van der Waals surface area contributed by atoms with Crippen LogP contribution in [-0.2, 0) is 9.84 Å². The molecule has 2 rings (SSSR count). The summed E-state index contributed by atoms with van der Waals surface area (Å²) in [7, 11) is -2.81. The number of nitrogens with two attached hydrogens (primary N) is 1. The Bertz CT molecular complexity index is 502. The van der Waals surface area contributed by atoms with Gasteiger partial charge in [0.2, 0.25) is 0 Å². The molecule has 6 heteroatoms. The van der Waals surface area contributed by atoms with Gasteiger partial charge in [-0.3, -0.25) is 0 Å². The molecule has 1 aromatic rings. The van der Waals surface area contributed by atoms with Crippen LogP contribution >= 0.6 is 27.7 Å². The lowest BCUT2D eigenvalue weighted by Crippen LogP contribution is -2.06. The molecule has 1 saturated heterocycles. The predicted molar refractivity (Wildman–Crippen MR) is 71.5 cm³/mol. The third-order valence-corrected chi connectivity index (χ3v) is 6.29. The third-order valence-electron chi connectivity index (χ3n) is 2.46. The smallest absolute Gasteiger partial charge is 0.151 e. The number of benzene rings is 1. The Morgan fingerprint density at radius 3 is 2.75 bits per heavy atom. The molecule has 0 amide bonds. The van der Waals surface area contributed by atoms with Crippen LogP contribution in [0.15, 0.2) is 27.6 Å². The molecule has 0 aromatic heterocycles. The summed E-state index contributed by atoms with van der Waals surface area (Å²) in [5.41, 5.74) is 6.56. The van der Waals surface area contributed by atoms with Crippen molar-refractivity contribution in [3.8, 4) is 0 Å². The first-order valence-electron chi connectivity index (χ1n) is 4.88. The second kappa shape index (κ2) is 4.58. The summed E-state index contributed by atoms with van der Waals surface area (Å²) < 4.78 is 23.6. The molecule has 3 nitrogen and oxygen atoms in total. The van der Waals surface area contributed by atoms with Crippen LogP contribution in [0.1, 0.15) is 6.42 Å². The normalized spacial score (nSPS) is 23.4. The highest BCUT2D eigenvalue weighted by Crippen LogP contribution is 2.35. The van der Waals surface area contributed by atoms with E-state index in [9.17, 15) is 8.42 Å². The summed E-state index contributed by atoms with van der Waals surface area (Å²) in [5.74, 6) is 0.578. The van der Waals surface area contributed by atoms with Gasteiger partial charge in [-0.05, 0) is 24.6 Å². The molecule has 0 bridgehead atoms. The van der Waals surface area contributed by atoms with Crippen LogP contribution < -0.4 is 5.73 Å². The van der Waals surface area contributed by atoms with Crippen molar-refractivity contribution >= 4 is 43.2 Å². The average Bonchev–Trinajstić information content (AvgIpc) is 2.51. The fraction of sp³-hybridized carbons (Fsp3) is 0.400. The zero-order valence-electron chi connectivity index (χ0n) is 8.52. The van der Waals surface area contributed by atoms with Crippen molar-refractivity contribution in [1.29, 1.82) is 0 Å². The van der Waals surface area contributed by atoms with Crippen LogP contribution in [0.3, 0.4) is 0 Å². The largest absolute Gasteiger partial charge is 0.398 e. The molecule has 0 aliphatic carbocycles. The van der Waals surface area contributed by atoms with E-state index in [4.69, 9.17) is 5.73 Å². The summed E-state index contributed by atoms with van der Waals surface area (Å²) in [4.78, 5) is 0.963. The molecule has 88 valence electrons. The molecule has 1 aromatic carbocycles.